The molecule has 8 nitrogen and oxygen atoms in total. The first-order chi connectivity index (χ1) is 18.3. The van der Waals surface area contributed by atoms with Crippen LogP contribution in [0.4, 0.5) is 0 Å². The van der Waals surface area contributed by atoms with Crippen LogP contribution in [0, 0.1) is 0 Å². The van der Waals surface area contributed by atoms with Crippen LogP contribution in [0.25, 0.3) is 0 Å². The zero-order chi connectivity index (χ0) is 27.6. The van der Waals surface area contributed by atoms with Gasteiger partial charge in [0, 0.05) is 25.8 Å². The van der Waals surface area contributed by atoms with Crippen molar-refractivity contribution in [1.29, 1.82) is 0 Å². The van der Waals surface area contributed by atoms with Crippen molar-refractivity contribution in [2.24, 2.45) is 0 Å². The molecule has 1 amide bonds. The molecular formula is C30H44N2O6. The smallest absolute Gasteiger partial charge is 0.220 e. The van der Waals surface area contributed by atoms with E-state index >= 15 is 0 Å². The highest BCUT2D eigenvalue weighted by Crippen LogP contribution is 2.26. The predicted octanol–water partition coefficient (Wildman–Crippen LogP) is 4.86. The van der Waals surface area contributed by atoms with Crippen LogP contribution in [0.3, 0.4) is 0 Å². The zero-order valence-corrected chi connectivity index (χ0v) is 22.4. The summed E-state index contributed by atoms with van der Waals surface area (Å²) in [4.78, 5) is 24.0. The quantitative estimate of drug-likeness (QED) is 0.107. The number of amides is 1. The predicted molar refractivity (Wildman–Crippen MR) is 149 cm³/mol. The Morgan fingerprint density at radius 1 is 0.553 bits per heavy atom. The normalized spacial score (nSPS) is 10.9. The largest absolute Gasteiger partial charge is 0.504 e. The van der Waals surface area contributed by atoms with E-state index in [4.69, 9.17) is 0 Å². The molecule has 0 aliphatic rings. The van der Waals surface area contributed by atoms with Crippen molar-refractivity contribution in [3.05, 3.63) is 47.5 Å². The first kappa shape index (κ1) is 31.0. The van der Waals surface area contributed by atoms with Gasteiger partial charge in [-0.1, -0.05) is 44.2 Å². The maximum atomic E-state index is 12.1. The topological polar surface area (TPSA) is 139 Å². The van der Waals surface area contributed by atoms with E-state index in [1.54, 1.807) is 12.1 Å². The molecule has 38 heavy (non-hydrogen) atoms. The van der Waals surface area contributed by atoms with Crippen LogP contribution in [0.5, 0.6) is 23.0 Å². The fraction of sp³-hybridized carbons (Fsp3) is 0.533. The molecule has 0 spiro atoms. The van der Waals surface area contributed by atoms with Crippen LogP contribution in [0.15, 0.2) is 36.4 Å². The number of aromatic hydroxyl groups is 4. The van der Waals surface area contributed by atoms with E-state index in [1.807, 2.05) is 0 Å². The lowest BCUT2D eigenvalue weighted by atomic mass is 10.0. The van der Waals surface area contributed by atoms with Gasteiger partial charge in [-0.25, -0.2) is 0 Å². The molecule has 6 N–H and O–H groups in total. The summed E-state index contributed by atoms with van der Waals surface area (Å²) < 4.78 is 0. The lowest BCUT2D eigenvalue weighted by Gasteiger charge is -2.07. The van der Waals surface area contributed by atoms with Gasteiger partial charge in [0.25, 0.3) is 0 Å². The SMILES string of the molecule is O=C(CCCCCCCCCNCCCNC(=O)CCc1ccc(O)c(O)c1)CCc1ccc(O)c(O)c1. The number of nitrogens with one attached hydrogen (secondary N) is 2. The van der Waals surface area contributed by atoms with Gasteiger partial charge in [0.05, 0.1) is 0 Å². The molecule has 0 aliphatic heterocycles. The number of benzene rings is 2. The van der Waals surface area contributed by atoms with Gasteiger partial charge in [0.15, 0.2) is 23.0 Å². The van der Waals surface area contributed by atoms with Gasteiger partial charge in [0.1, 0.15) is 5.78 Å². The van der Waals surface area contributed by atoms with Crippen LogP contribution >= 0.6 is 0 Å². The maximum Gasteiger partial charge on any atom is 0.220 e. The summed E-state index contributed by atoms with van der Waals surface area (Å²) in [6.07, 6.45) is 11.3. The number of unbranched alkanes of at least 4 members (excludes halogenated alkanes) is 6. The van der Waals surface area contributed by atoms with E-state index in [0.717, 1.165) is 56.3 Å². The molecule has 0 bridgehead atoms. The summed E-state index contributed by atoms with van der Waals surface area (Å²) in [5.74, 6) is -0.375. The summed E-state index contributed by atoms with van der Waals surface area (Å²) in [6.45, 7) is 2.48. The average molecular weight is 529 g/mol. The first-order valence-electron chi connectivity index (χ1n) is 13.9. The van der Waals surface area contributed by atoms with E-state index < -0.39 is 0 Å². The van der Waals surface area contributed by atoms with Crippen molar-refractivity contribution in [2.45, 2.75) is 83.5 Å². The number of carbonyl (C=O) groups is 2. The Morgan fingerprint density at radius 2 is 1.08 bits per heavy atom. The number of Topliss-reactive ketones (excluding diaryl/α,β-unsaturated/α-hetero) is 1. The number of rotatable bonds is 20. The number of phenols is 4. The van der Waals surface area contributed by atoms with Gasteiger partial charge in [-0.05, 0) is 80.6 Å². The number of carbonyl (C=O) groups excluding carboxylic acids is 2. The molecule has 0 heterocycles. The van der Waals surface area contributed by atoms with E-state index in [-0.39, 0.29) is 34.7 Å². The molecule has 8 heteroatoms. The van der Waals surface area contributed by atoms with Gasteiger partial charge in [-0.3, -0.25) is 9.59 Å². The minimum Gasteiger partial charge on any atom is -0.504 e. The summed E-state index contributed by atoms with van der Waals surface area (Å²) in [6, 6.07) is 9.30. The second-order valence-corrected chi connectivity index (χ2v) is 9.86. The van der Waals surface area contributed by atoms with Crippen LogP contribution < -0.4 is 10.6 Å². The molecule has 0 unspecified atom stereocenters. The number of ketones is 1. The van der Waals surface area contributed by atoms with Crippen LogP contribution in [0.2, 0.25) is 0 Å². The Kier molecular flexibility index (Phi) is 14.7. The van der Waals surface area contributed by atoms with Crippen molar-refractivity contribution in [1.82, 2.24) is 10.6 Å². The Bertz CT molecular complexity index is 915. The Morgan fingerprint density at radius 3 is 1.68 bits per heavy atom. The summed E-state index contributed by atoms with van der Waals surface area (Å²) in [5, 5.41) is 44.0. The number of hydrogen-bond donors (Lipinski definition) is 6. The van der Waals surface area contributed by atoms with Gasteiger partial charge < -0.3 is 31.1 Å². The van der Waals surface area contributed by atoms with Crippen LogP contribution in [-0.4, -0.2) is 51.8 Å². The fourth-order valence-electron chi connectivity index (χ4n) is 4.23. The molecular weight excluding hydrogens is 484 g/mol. The summed E-state index contributed by atoms with van der Waals surface area (Å²) in [7, 11) is 0. The Hall–Kier alpha value is -3.26. The number of aryl methyl sites for hydroxylation is 2. The van der Waals surface area contributed by atoms with Crippen LogP contribution in [-0.2, 0) is 22.4 Å². The second kappa shape index (κ2) is 18.1. The molecule has 0 atom stereocenters. The lowest BCUT2D eigenvalue weighted by molar-refractivity contribution is -0.121. The molecule has 2 aromatic rings. The van der Waals surface area contributed by atoms with Gasteiger partial charge >= 0.3 is 0 Å². The third kappa shape index (κ3) is 13.3. The maximum absolute atomic E-state index is 12.1. The van der Waals surface area contributed by atoms with Gasteiger partial charge in [-0.2, -0.15) is 0 Å². The lowest BCUT2D eigenvalue weighted by Crippen LogP contribution is -2.27. The molecule has 0 fully saturated rings. The van der Waals surface area contributed by atoms with Gasteiger partial charge in [0.2, 0.25) is 5.91 Å². The third-order valence-corrected chi connectivity index (χ3v) is 6.57. The van der Waals surface area contributed by atoms with E-state index in [9.17, 15) is 30.0 Å². The molecule has 0 aliphatic carbocycles. The highest BCUT2D eigenvalue weighted by Gasteiger charge is 2.06. The van der Waals surface area contributed by atoms with Crippen molar-refractivity contribution in [2.75, 3.05) is 19.6 Å². The number of hydrogen-bond acceptors (Lipinski definition) is 7. The molecule has 210 valence electrons. The molecule has 0 saturated carbocycles. The molecule has 0 radical (unpaired) electrons. The number of phenolic OH excluding ortho intramolecular Hbond substituents is 4. The monoisotopic (exact) mass is 528 g/mol. The first-order valence-corrected chi connectivity index (χ1v) is 13.9. The highest BCUT2D eigenvalue weighted by atomic mass is 16.3. The van der Waals surface area contributed by atoms with Crippen molar-refractivity contribution >= 4 is 11.7 Å². The second-order valence-electron chi connectivity index (χ2n) is 9.86. The molecule has 0 aromatic heterocycles. The van der Waals surface area contributed by atoms with Gasteiger partial charge in [-0.15, -0.1) is 0 Å². The molecule has 2 rings (SSSR count). The minimum atomic E-state index is -0.166. The summed E-state index contributed by atoms with van der Waals surface area (Å²) >= 11 is 0. The minimum absolute atomic E-state index is 0.0165. The van der Waals surface area contributed by atoms with E-state index in [0.29, 0.717) is 38.6 Å². The highest BCUT2D eigenvalue weighted by molar-refractivity contribution is 5.78. The van der Waals surface area contributed by atoms with Crippen LogP contribution in [0.1, 0.15) is 81.8 Å². The molecule has 0 saturated heterocycles. The Balaban J connectivity index is 1.32. The summed E-state index contributed by atoms with van der Waals surface area (Å²) in [5.41, 5.74) is 1.67. The fourth-order valence-corrected chi connectivity index (χ4v) is 4.23. The third-order valence-electron chi connectivity index (χ3n) is 6.57. The standard InChI is InChI=1S/C30H44N2O6/c33-25(14-10-23-11-15-26(34)28(36)21-23)9-6-4-2-1-3-5-7-18-31-19-8-20-32-30(38)17-13-24-12-16-27(35)29(37)22-24/h11-12,15-16,21-22,31,34-37H,1-10,13-14,17-20H2,(H,32,38). The zero-order valence-electron chi connectivity index (χ0n) is 22.4. The van der Waals surface area contributed by atoms with Crippen molar-refractivity contribution in [3.8, 4) is 23.0 Å². The van der Waals surface area contributed by atoms with E-state index in [2.05, 4.69) is 10.6 Å². The van der Waals surface area contributed by atoms with Crippen molar-refractivity contribution in [3.63, 3.8) is 0 Å². The average Bonchev–Trinajstić information content (AvgIpc) is 2.90. The van der Waals surface area contributed by atoms with Crippen molar-refractivity contribution < 1.29 is 30.0 Å². The Labute approximate surface area is 226 Å². The van der Waals surface area contributed by atoms with E-state index in [1.165, 1.54) is 43.5 Å². The molecule has 2 aromatic carbocycles.